The van der Waals surface area contributed by atoms with Gasteiger partial charge in [0.2, 0.25) is 0 Å². The van der Waals surface area contributed by atoms with Crippen LogP contribution < -0.4 is 5.32 Å². The minimum Gasteiger partial charge on any atom is -0.372 e. The fourth-order valence-electron chi connectivity index (χ4n) is 3.17. The molecule has 0 radical (unpaired) electrons. The maximum absolute atomic E-state index is 13.1. The van der Waals surface area contributed by atoms with Crippen LogP contribution in [0.5, 0.6) is 0 Å². The minimum absolute atomic E-state index is 0.0412. The smallest absolute Gasteiger partial charge is 0.270 e. The Morgan fingerprint density at radius 3 is 2.11 bits per heavy atom. The van der Waals surface area contributed by atoms with Crippen molar-refractivity contribution in [2.45, 2.75) is 26.1 Å². The molecule has 1 saturated heterocycles. The predicted octanol–water partition coefficient (Wildman–Crippen LogP) is 3.09. The number of nitrogens with one attached hydrogen (secondary N) is 1. The van der Waals surface area contributed by atoms with Gasteiger partial charge in [0.15, 0.2) is 0 Å². The quantitative estimate of drug-likeness (QED) is 0.848. The normalized spacial score (nSPS) is 20.2. The Labute approximate surface area is 159 Å². The van der Waals surface area contributed by atoms with Crippen LogP contribution in [0.1, 0.15) is 29.8 Å². The van der Waals surface area contributed by atoms with Crippen molar-refractivity contribution in [3.63, 3.8) is 0 Å². The molecule has 3 rings (SSSR count). The van der Waals surface area contributed by atoms with Gasteiger partial charge in [-0.15, -0.1) is 0 Å². The molecule has 140 valence electrons. The molecule has 0 saturated carbocycles. The van der Waals surface area contributed by atoms with Gasteiger partial charge in [-0.2, -0.15) is 0 Å². The number of ether oxygens (including phenoxy) is 1. The zero-order chi connectivity index (χ0) is 19.2. The van der Waals surface area contributed by atoms with Crippen LogP contribution in [0.3, 0.4) is 0 Å². The first-order valence-corrected chi connectivity index (χ1v) is 9.11. The Bertz CT molecular complexity index is 808. The molecule has 5 heteroatoms. The number of rotatable bonds is 4. The van der Waals surface area contributed by atoms with Crippen LogP contribution in [0.4, 0.5) is 0 Å². The van der Waals surface area contributed by atoms with Crippen molar-refractivity contribution in [2.75, 3.05) is 13.1 Å². The van der Waals surface area contributed by atoms with E-state index in [0.717, 1.165) is 5.56 Å². The summed E-state index contributed by atoms with van der Waals surface area (Å²) in [6.45, 7) is 4.88. The van der Waals surface area contributed by atoms with E-state index < -0.39 is 0 Å². The molecule has 2 aromatic carbocycles. The molecule has 1 fully saturated rings. The van der Waals surface area contributed by atoms with E-state index in [2.05, 4.69) is 5.32 Å². The highest BCUT2D eigenvalue weighted by atomic mass is 16.5. The van der Waals surface area contributed by atoms with Crippen molar-refractivity contribution in [3.8, 4) is 0 Å². The zero-order valence-electron chi connectivity index (χ0n) is 15.6. The molecule has 1 aliphatic rings. The number of hydrogen-bond acceptors (Lipinski definition) is 3. The summed E-state index contributed by atoms with van der Waals surface area (Å²) in [4.78, 5) is 27.5. The second-order valence-electron chi connectivity index (χ2n) is 6.76. The summed E-state index contributed by atoms with van der Waals surface area (Å²) in [5.41, 5.74) is 1.62. The van der Waals surface area contributed by atoms with Crippen LogP contribution in [0.15, 0.2) is 66.4 Å². The third-order valence-electron chi connectivity index (χ3n) is 4.33. The molecule has 0 spiro atoms. The molecule has 1 N–H and O–H groups in total. The fraction of sp³-hybridized carbons (Fsp3) is 0.273. The van der Waals surface area contributed by atoms with Gasteiger partial charge in [-0.1, -0.05) is 48.5 Å². The molecule has 1 aliphatic heterocycles. The van der Waals surface area contributed by atoms with Crippen LogP contribution in [0, 0.1) is 0 Å². The zero-order valence-corrected chi connectivity index (χ0v) is 15.6. The van der Waals surface area contributed by atoms with Crippen molar-refractivity contribution in [2.24, 2.45) is 0 Å². The monoisotopic (exact) mass is 364 g/mol. The Morgan fingerprint density at radius 2 is 1.52 bits per heavy atom. The van der Waals surface area contributed by atoms with Crippen molar-refractivity contribution in [3.05, 3.63) is 77.5 Å². The highest BCUT2D eigenvalue weighted by Crippen LogP contribution is 2.15. The van der Waals surface area contributed by atoms with Gasteiger partial charge in [0.25, 0.3) is 11.8 Å². The van der Waals surface area contributed by atoms with Crippen LogP contribution in [-0.4, -0.2) is 42.0 Å². The van der Waals surface area contributed by atoms with Gasteiger partial charge >= 0.3 is 0 Å². The Balaban J connectivity index is 1.87. The second kappa shape index (κ2) is 8.64. The highest BCUT2D eigenvalue weighted by Gasteiger charge is 2.28. The summed E-state index contributed by atoms with van der Waals surface area (Å²) in [7, 11) is 0. The molecule has 2 unspecified atom stereocenters. The lowest BCUT2D eigenvalue weighted by molar-refractivity contribution is -0.139. The van der Waals surface area contributed by atoms with Gasteiger partial charge in [-0.05, 0) is 37.6 Å². The van der Waals surface area contributed by atoms with Gasteiger partial charge in [0, 0.05) is 18.7 Å². The van der Waals surface area contributed by atoms with Gasteiger partial charge < -0.3 is 15.0 Å². The number of hydrogen-bond donors (Lipinski definition) is 1. The molecular weight excluding hydrogens is 340 g/mol. The Hall–Kier alpha value is -2.92. The molecule has 27 heavy (non-hydrogen) atoms. The van der Waals surface area contributed by atoms with E-state index in [9.17, 15) is 9.59 Å². The van der Waals surface area contributed by atoms with Crippen molar-refractivity contribution >= 4 is 17.9 Å². The van der Waals surface area contributed by atoms with Crippen molar-refractivity contribution in [1.82, 2.24) is 10.2 Å². The van der Waals surface area contributed by atoms with E-state index in [1.165, 1.54) is 0 Å². The first-order valence-electron chi connectivity index (χ1n) is 9.11. The highest BCUT2D eigenvalue weighted by molar-refractivity contribution is 6.05. The molecule has 2 amide bonds. The minimum atomic E-state index is -0.305. The predicted molar refractivity (Wildman–Crippen MR) is 105 cm³/mol. The summed E-state index contributed by atoms with van der Waals surface area (Å²) in [6.07, 6.45) is 1.63. The van der Waals surface area contributed by atoms with Crippen LogP contribution in [-0.2, 0) is 9.53 Å². The molecular formula is C22H24N2O3. The topological polar surface area (TPSA) is 58.6 Å². The van der Waals surface area contributed by atoms with E-state index in [0.29, 0.717) is 18.7 Å². The molecule has 1 heterocycles. The maximum Gasteiger partial charge on any atom is 0.270 e. The fourth-order valence-corrected chi connectivity index (χ4v) is 3.17. The number of carbonyl (C=O) groups is 2. The van der Waals surface area contributed by atoms with E-state index >= 15 is 0 Å². The van der Waals surface area contributed by atoms with E-state index in [1.54, 1.807) is 35.2 Å². The van der Waals surface area contributed by atoms with Gasteiger partial charge in [-0.3, -0.25) is 9.59 Å². The molecule has 2 aromatic rings. The second-order valence-corrected chi connectivity index (χ2v) is 6.76. The first-order chi connectivity index (χ1) is 13.0. The van der Waals surface area contributed by atoms with Crippen LogP contribution >= 0.6 is 0 Å². The summed E-state index contributed by atoms with van der Waals surface area (Å²) in [5.74, 6) is -0.509. The third kappa shape index (κ3) is 5.05. The lowest BCUT2D eigenvalue weighted by Gasteiger charge is -2.35. The number of morpholine rings is 1. The van der Waals surface area contributed by atoms with Crippen molar-refractivity contribution in [1.29, 1.82) is 0 Å². The maximum atomic E-state index is 13.1. The van der Waals surface area contributed by atoms with Gasteiger partial charge in [0.1, 0.15) is 5.70 Å². The van der Waals surface area contributed by atoms with Gasteiger partial charge in [0.05, 0.1) is 12.2 Å². The number of amides is 2. The number of benzene rings is 2. The van der Waals surface area contributed by atoms with E-state index in [4.69, 9.17) is 4.74 Å². The average Bonchev–Trinajstić information content (AvgIpc) is 2.67. The van der Waals surface area contributed by atoms with Crippen molar-refractivity contribution < 1.29 is 14.3 Å². The summed E-state index contributed by atoms with van der Waals surface area (Å²) < 4.78 is 5.71. The number of carbonyl (C=O) groups excluding carboxylic acids is 2. The Kier molecular flexibility index (Phi) is 6.04. The SMILES string of the molecule is CC1CN(C(=O)/C(=C\c2ccccc2)NC(=O)c2ccccc2)CC(C)O1. The van der Waals surface area contributed by atoms with Crippen LogP contribution in [0.2, 0.25) is 0 Å². The Morgan fingerprint density at radius 1 is 0.963 bits per heavy atom. The average molecular weight is 364 g/mol. The lowest BCUT2D eigenvalue weighted by Crippen LogP contribution is -2.50. The van der Waals surface area contributed by atoms with E-state index in [-0.39, 0.29) is 29.7 Å². The summed E-state index contributed by atoms with van der Waals surface area (Å²) in [6, 6.07) is 18.4. The number of nitrogens with zero attached hydrogens (tertiary/aromatic N) is 1. The molecule has 2 atom stereocenters. The molecule has 0 bridgehead atoms. The van der Waals surface area contributed by atoms with Gasteiger partial charge in [-0.25, -0.2) is 0 Å². The lowest BCUT2D eigenvalue weighted by atomic mass is 10.1. The third-order valence-corrected chi connectivity index (χ3v) is 4.33. The first kappa shape index (κ1) is 18.9. The molecule has 0 aliphatic carbocycles. The molecule has 0 aromatic heterocycles. The largest absolute Gasteiger partial charge is 0.372 e. The van der Waals surface area contributed by atoms with Crippen LogP contribution in [0.25, 0.3) is 6.08 Å². The molecule has 5 nitrogen and oxygen atoms in total. The summed E-state index contributed by atoms with van der Waals surface area (Å²) >= 11 is 0. The van der Waals surface area contributed by atoms with E-state index in [1.807, 2.05) is 50.2 Å². The standard InChI is InChI=1S/C22H24N2O3/c1-16-14-24(15-17(2)27-16)22(26)20(13-18-9-5-3-6-10-18)23-21(25)19-11-7-4-8-12-19/h3-13,16-17H,14-15H2,1-2H3,(H,23,25)/b20-13+. The summed E-state index contributed by atoms with van der Waals surface area (Å²) in [5, 5.41) is 2.80.